The van der Waals surface area contributed by atoms with Crippen LogP contribution >= 0.6 is 0 Å². The Morgan fingerprint density at radius 2 is 1.40 bits per heavy atom. The highest BCUT2D eigenvalue weighted by Gasteiger charge is 2.15. The third kappa shape index (κ3) is 2.73. The Hall–Kier alpha value is -1.00. The van der Waals surface area contributed by atoms with Gasteiger partial charge in [-0.15, -0.1) is 0 Å². The van der Waals surface area contributed by atoms with Gasteiger partial charge >= 0.3 is 10.1 Å². The van der Waals surface area contributed by atoms with Gasteiger partial charge in [0, 0.05) is 0 Å². The van der Waals surface area contributed by atoms with Gasteiger partial charge < -0.3 is 0 Å². The standard InChI is InChI=1S/C6H7NO6S2/c7-13-15(11,12)6-3-1-5(2-4-6)14(8,9)10/h1-4H,7H2,(H,8,9,10). The molecule has 0 aliphatic carbocycles. The van der Waals surface area contributed by atoms with Gasteiger partial charge in [-0.1, -0.05) is 0 Å². The minimum atomic E-state index is -4.34. The molecule has 0 amide bonds. The molecule has 0 fully saturated rings. The Labute approximate surface area is 86.3 Å². The maximum atomic E-state index is 11.0. The topological polar surface area (TPSA) is 124 Å². The van der Waals surface area contributed by atoms with Crippen LogP contribution in [0.1, 0.15) is 0 Å². The number of nitrogens with two attached hydrogens (primary N) is 1. The molecule has 0 radical (unpaired) electrons. The average molecular weight is 253 g/mol. The Bertz CT molecular complexity index is 544. The lowest BCUT2D eigenvalue weighted by atomic mass is 10.4. The van der Waals surface area contributed by atoms with Crippen molar-refractivity contribution in [2.75, 3.05) is 0 Å². The van der Waals surface area contributed by atoms with Gasteiger partial charge in [-0.3, -0.25) is 4.55 Å². The summed E-state index contributed by atoms with van der Waals surface area (Å²) in [6, 6.07) is 3.74. The molecule has 1 rings (SSSR count). The van der Waals surface area contributed by atoms with Crippen molar-refractivity contribution in [3.05, 3.63) is 24.3 Å². The van der Waals surface area contributed by atoms with E-state index >= 15 is 0 Å². The van der Waals surface area contributed by atoms with E-state index in [-0.39, 0.29) is 4.90 Å². The first-order valence-corrected chi connectivity index (χ1v) is 6.33. The van der Waals surface area contributed by atoms with Crippen LogP contribution in [0, 0.1) is 0 Å². The Kier molecular flexibility index (Phi) is 3.11. The first-order valence-electron chi connectivity index (χ1n) is 3.48. The van der Waals surface area contributed by atoms with Crippen molar-refractivity contribution < 1.29 is 25.7 Å². The third-order valence-electron chi connectivity index (χ3n) is 1.54. The third-order valence-corrected chi connectivity index (χ3v) is 3.51. The molecule has 0 saturated carbocycles. The number of hydrogen-bond donors (Lipinski definition) is 2. The molecule has 0 atom stereocenters. The molecule has 1 aromatic rings. The molecular weight excluding hydrogens is 246 g/mol. The van der Waals surface area contributed by atoms with Gasteiger partial charge in [0.2, 0.25) is 0 Å². The van der Waals surface area contributed by atoms with Crippen molar-refractivity contribution in [3.8, 4) is 0 Å². The van der Waals surface area contributed by atoms with Crippen molar-refractivity contribution in [2.45, 2.75) is 9.79 Å². The molecule has 15 heavy (non-hydrogen) atoms. The molecule has 3 N–H and O–H groups in total. The molecule has 0 unspecified atom stereocenters. The minimum absolute atomic E-state index is 0.308. The fraction of sp³-hybridized carbons (Fsp3) is 0. The highest BCUT2D eigenvalue weighted by atomic mass is 32.2. The van der Waals surface area contributed by atoms with Gasteiger partial charge in [0.1, 0.15) is 0 Å². The quantitative estimate of drug-likeness (QED) is 0.550. The zero-order valence-corrected chi connectivity index (χ0v) is 8.82. The normalized spacial score (nSPS) is 12.7. The summed E-state index contributed by atoms with van der Waals surface area (Å²) in [5, 5.41) is 0. The van der Waals surface area contributed by atoms with Crippen LogP contribution in [0.4, 0.5) is 0 Å². The van der Waals surface area contributed by atoms with E-state index in [4.69, 9.17) is 4.55 Å². The second-order valence-corrected chi connectivity index (χ2v) is 5.49. The van der Waals surface area contributed by atoms with E-state index in [0.29, 0.717) is 0 Å². The fourth-order valence-corrected chi connectivity index (χ4v) is 1.89. The summed E-state index contributed by atoms with van der Waals surface area (Å²) in [7, 11) is -8.40. The van der Waals surface area contributed by atoms with Crippen LogP contribution in [-0.2, 0) is 24.5 Å². The predicted molar refractivity (Wildman–Crippen MR) is 48.7 cm³/mol. The minimum Gasteiger partial charge on any atom is -0.282 e. The summed E-state index contributed by atoms with van der Waals surface area (Å²) in [6.45, 7) is 0. The van der Waals surface area contributed by atoms with Crippen molar-refractivity contribution >= 4 is 20.2 Å². The first-order chi connectivity index (χ1) is 6.77. The molecule has 0 aromatic heterocycles. The molecule has 1 aromatic carbocycles. The monoisotopic (exact) mass is 253 g/mol. The summed E-state index contributed by atoms with van der Waals surface area (Å²) in [6.07, 6.45) is 0. The van der Waals surface area contributed by atoms with E-state index in [1.54, 1.807) is 0 Å². The van der Waals surface area contributed by atoms with Gasteiger partial charge in [-0.2, -0.15) is 27.0 Å². The average Bonchev–Trinajstić information content (AvgIpc) is 2.17. The van der Waals surface area contributed by atoms with E-state index in [1.165, 1.54) is 0 Å². The second kappa shape index (κ2) is 3.87. The Morgan fingerprint density at radius 1 is 1.00 bits per heavy atom. The van der Waals surface area contributed by atoms with Gasteiger partial charge in [0.25, 0.3) is 10.1 Å². The molecule has 84 valence electrons. The van der Waals surface area contributed by atoms with Crippen LogP contribution in [0.2, 0.25) is 0 Å². The summed E-state index contributed by atoms with van der Waals surface area (Å²) >= 11 is 0. The predicted octanol–water partition coefficient (Wildman–Crippen LogP) is -0.488. The number of benzene rings is 1. The van der Waals surface area contributed by atoms with E-state index in [0.717, 1.165) is 24.3 Å². The summed E-state index contributed by atoms with van der Waals surface area (Å²) in [4.78, 5) is -0.726. The van der Waals surface area contributed by atoms with Crippen LogP contribution in [0.15, 0.2) is 34.1 Å². The Balaban J connectivity index is 3.24. The lowest BCUT2D eigenvalue weighted by Gasteiger charge is -2.01. The molecular formula is C6H7NO6S2. The van der Waals surface area contributed by atoms with E-state index in [9.17, 15) is 16.8 Å². The van der Waals surface area contributed by atoms with E-state index < -0.39 is 25.1 Å². The molecule has 9 heteroatoms. The summed E-state index contributed by atoms with van der Waals surface area (Å²) in [5.74, 6) is 4.51. The molecule has 0 aliphatic heterocycles. The van der Waals surface area contributed by atoms with Gasteiger partial charge in [0.05, 0.1) is 9.79 Å². The van der Waals surface area contributed by atoms with Crippen molar-refractivity contribution in [1.82, 2.24) is 0 Å². The molecule has 0 aliphatic rings. The zero-order chi connectivity index (χ0) is 11.7. The maximum Gasteiger partial charge on any atom is 0.312 e. The van der Waals surface area contributed by atoms with Gasteiger partial charge in [-0.05, 0) is 24.3 Å². The molecule has 0 bridgehead atoms. The SMILES string of the molecule is NOS(=O)(=O)c1ccc(S(=O)(=O)O)cc1. The summed E-state index contributed by atoms with van der Waals surface area (Å²) < 4.78 is 55.5. The molecule has 7 nitrogen and oxygen atoms in total. The van der Waals surface area contributed by atoms with E-state index in [1.807, 2.05) is 0 Å². The molecule has 0 heterocycles. The second-order valence-electron chi connectivity index (χ2n) is 2.50. The van der Waals surface area contributed by atoms with Crippen LogP contribution in [-0.4, -0.2) is 21.4 Å². The van der Waals surface area contributed by atoms with Crippen molar-refractivity contribution in [1.29, 1.82) is 0 Å². The molecule has 0 spiro atoms. The van der Waals surface area contributed by atoms with Crippen molar-refractivity contribution in [2.24, 2.45) is 5.90 Å². The van der Waals surface area contributed by atoms with Gasteiger partial charge in [0.15, 0.2) is 0 Å². The summed E-state index contributed by atoms with van der Waals surface area (Å²) in [5.41, 5.74) is 0. The van der Waals surface area contributed by atoms with Crippen LogP contribution in [0.25, 0.3) is 0 Å². The highest BCUT2D eigenvalue weighted by molar-refractivity contribution is 7.86. The van der Waals surface area contributed by atoms with Crippen molar-refractivity contribution in [3.63, 3.8) is 0 Å². The maximum absolute atomic E-state index is 11.0. The number of hydrogen-bond acceptors (Lipinski definition) is 6. The largest absolute Gasteiger partial charge is 0.312 e. The van der Waals surface area contributed by atoms with E-state index in [2.05, 4.69) is 10.2 Å². The molecule has 0 saturated heterocycles. The van der Waals surface area contributed by atoms with Crippen LogP contribution in [0.5, 0.6) is 0 Å². The first kappa shape index (κ1) is 12.1. The smallest absolute Gasteiger partial charge is 0.282 e. The van der Waals surface area contributed by atoms with Gasteiger partial charge in [-0.25, -0.2) is 0 Å². The number of rotatable bonds is 3. The lowest BCUT2D eigenvalue weighted by molar-refractivity contribution is 0.333. The van der Waals surface area contributed by atoms with Crippen LogP contribution in [0.3, 0.4) is 0 Å². The van der Waals surface area contributed by atoms with Crippen LogP contribution < -0.4 is 5.90 Å². The fourth-order valence-electron chi connectivity index (χ4n) is 0.834. The zero-order valence-electron chi connectivity index (χ0n) is 7.19. The lowest BCUT2D eigenvalue weighted by Crippen LogP contribution is -2.11. The Morgan fingerprint density at radius 3 is 1.73 bits per heavy atom. The highest BCUT2D eigenvalue weighted by Crippen LogP contribution is 2.14.